The second-order valence-corrected chi connectivity index (χ2v) is 8.58. The van der Waals surface area contributed by atoms with Crippen LogP contribution in [0.1, 0.15) is 24.0 Å². The number of carbonyl (C=O) groups is 2. The molecule has 0 aromatic heterocycles. The topological polar surface area (TPSA) is 77.5 Å². The smallest absolute Gasteiger partial charge is 0.372 e. The molecule has 2 fully saturated rings. The third-order valence-corrected chi connectivity index (χ3v) is 6.65. The summed E-state index contributed by atoms with van der Waals surface area (Å²) in [5.74, 6) is -6.94. The lowest BCUT2D eigenvalue weighted by molar-refractivity contribution is -0.217. The van der Waals surface area contributed by atoms with Crippen molar-refractivity contribution in [2.75, 3.05) is 40.4 Å². The van der Waals surface area contributed by atoms with E-state index < -0.39 is 46.4 Å². The van der Waals surface area contributed by atoms with Crippen LogP contribution in [0.25, 0.3) is 0 Å². The van der Waals surface area contributed by atoms with E-state index in [9.17, 15) is 27.2 Å². The summed E-state index contributed by atoms with van der Waals surface area (Å²) in [5, 5.41) is 2.20. The van der Waals surface area contributed by atoms with Gasteiger partial charge in [-0.3, -0.25) is 0 Å². The van der Waals surface area contributed by atoms with Gasteiger partial charge in [-0.25, -0.2) is 27.2 Å². The highest BCUT2D eigenvalue weighted by Gasteiger charge is 2.46. The molecule has 36 heavy (non-hydrogen) atoms. The van der Waals surface area contributed by atoms with E-state index in [-0.39, 0.29) is 50.1 Å². The fraction of sp³-hybridized carbons (Fsp3) is 0.417. The Labute approximate surface area is 204 Å². The Morgan fingerprint density at radius 3 is 1.47 bits per heavy atom. The summed E-state index contributed by atoms with van der Waals surface area (Å²) in [4.78, 5) is 34.9. The molecule has 0 radical (unpaired) electrons. The second kappa shape index (κ2) is 10.1. The molecule has 8 nitrogen and oxygen atoms in total. The van der Waals surface area contributed by atoms with Gasteiger partial charge in [-0.2, -0.15) is 0 Å². The molecule has 2 aliphatic rings. The molecule has 2 unspecified atom stereocenters. The first-order chi connectivity index (χ1) is 17.1. The summed E-state index contributed by atoms with van der Waals surface area (Å²) in [7, 11) is 2.64. The molecule has 0 aliphatic carbocycles. The Morgan fingerprint density at radius 1 is 0.722 bits per heavy atom. The molecule has 0 N–H and O–H groups in total. The minimum Gasteiger partial charge on any atom is -0.372 e. The van der Waals surface area contributed by atoms with Crippen LogP contribution in [-0.4, -0.2) is 62.5 Å². The van der Waals surface area contributed by atoms with Crippen molar-refractivity contribution < 1.29 is 46.3 Å². The maximum absolute atomic E-state index is 14.4. The summed E-state index contributed by atoms with van der Waals surface area (Å²) >= 11 is 0. The van der Waals surface area contributed by atoms with E-state index in [2.05, 4.69) is 0 Å². The molecule has 0 saturated carbocycles. The first-order valence-corrected chi connectivity index (χ1v) is 11.1. The second-order valence-electron chi connectivity index (χ2n) is 8.58. The standard InChI is InChI=1S/C24H24F4N2O6/c1-33-23(15-5-3-7-17(25)19(15)27)9-11-29(13-23)35-21(31)22(32)36-30-12-10-24(14-30,34-2)16-6-4-8-18(26)20(16)28/h3-8H,9-14H2,1-2H3. The van der Waals surface area contributed by atoms with E-state index >= 15 is 0 Å². The van der Waals surface area contributed by atoms with Crippen LogP contribution >= 0.6 is 0 Å². The Bertz CT molecular complexity index is 1080. The van der Waals surface area contributed by atoms with Crippen LogP contribution in [0.4, 0.5) is 17.6 Å². The van der Waals surface area contributed by atoms with Crippen molar-refractivity contribution in [2.24, 2.45) is 0 Å². The molecule has 0 amide bonds. The Kier molecular flexibility index (Phi) is 7.32. The number of benzene rings is 2. The highest BCUT2D eigenvalue weighted by molar-refractivity contribution is 6.29. The molecule has 194 valence electrons. The van der Waals surface area contributed by atoms with Gasteiger partial charge < -0.3 is 19.1 Å². The molecule has 4 rings (SSSR count). The molecule has 2 heterocycles. The van der Waals surface area contributed by atoms with Gasteiger partial charge >= 0.3 is 11.9 Å². The number of halogens is 4. The Balaban J connectivity index is 1.38. The summed E-state index contributed by atoms with van der Waals surface area (Å²) in [5.41, 5.74) is -2.66. The molecule has 0 bridgehead atoms. The number of methoxy groups -OCH3 is 2. The predicted octanol–water partition coefficient (Wildman–Crippen LogP) is 2.95. The van der Waals surface area contributed by atoms with Crippen LogP contribution < -0.4 is 0 Å². The van der Waals surface area contributed by atoms with Gasteiger partial charge in [0.2, 0.25) is 0 Å². The molecular weight excluding hydrogens is 488 g/mol. The lowest BCUT2D eigenvalue weighted by Crippen LogP contribution is -2.39. The number of carbonyl (C=O) groups excluding carboxylic acids is 2. The van der Waals surface area contributed by atoms with Gasteiger partial charge in [0.15, 0.2) is 23.3 Å². The predicted molar refractivity (Wildman–Crippen MR) is 115 cm³/mol. The third kappa shape index (κ3) is 4.69. The molecule has 2 atom stereocenters. The summed E-state index contributed by atoms with van der Waals surface area (Å²) in [6.45, 7) is -0.146. The third-order valence-electron chi connectivity index (χ3n) is 6.65. The minimum atomic E-state index is -1.35. The van der Waals surface area contributed by atoms with Crippen LogP contribution in [0.15, 0.2) is 36.4 Å². The van der Waals surface area contributed by atoms with Crippen molar-refractivity contribution in [3.8, 4) is 0 Å². The maximum atomic E-state index is 14.4. The Morgan fingerprint density at radius 2 is 1.11 bits per heavy atom. The number of ether oxygens (including phenoxy) is 2. The maximum Gasteiger partial charge on any atom is 0.438 e. The highest BCUT2D eigenvalue weighted by atomic mass is 19.2. The lowest BCUT2D eigenvalue weighted by atomic mass is 9.92. The van der Waals surface area contributed by atoms with Crippen molar-refractivity contribution in [1.29, 1.82) is 0 Å². The van der Waals surface area contributed by atoms with E-state index in [4.69, 9.17) is 19.1 Å². The monoisotopic (exact) mass is 512 g/mol. The van der Waals surface area contributed by atoms with Gasteiger partial charge in [-0.15, -0.1) is 10.1 Å². The van der Waals surface area contributed by atoms with Gasteiger partial charge in [0.25, 0.3) is 0 Å². The first kappa shape index (κ1) is 26.0. The zero-order valence-electron chi connectivity index (χ0n) is 19.6. The van der Waals surface area contributed by atoms with E-state index in [1.165, 1.54) is 38.5 Å². The van der Waals surface area contributed by atoms with Gasteiger partial charge in [0.05, 0.1) is 13.1 Å². The minimum absolute atomic E-state index is 0.0383. The SMILES string of the molecule is COC1(c2cccc(F)c2F)CCN(OC(=O)C(=O)ON2CCC(OC)(c3cccc(F)c3F)C2)C1. The van der Waals surface area contributed by atoms with Crippen LogP contribution in [0.3, 0.4) is 0 Å². The van der Waals surface area contributed by atoms with Gasteiger partial charge in [-0.1, -0.05) is 24.3 Å². The number of hydroxylamine groups is 4. The van der Waals surface area contributed by atoms with Crippen molar-refractivity contribution in [3.63, 3.8) is 0 Å². The van der Waals surface area contributed by atoms with E-state index in [1.807, 2.05) is 0 Å². The first-order valence-electron chi connectivity index (χ1n) is 11.1. The quantitative estimate of drug-likeness (QED) is 0.432. The van der Waals surface area contributed by atoms with Crippen molar-refractivity contribution in [1.82, 2.24) is 10.1 Å². The average Bonchev–Trinajstić information content (AvgIpc) is 3.48. The highest BCUT2D eigenvalue weighted by Crippen LogP contribution is 2.39. The number of hydrogen-bond acceptors (Lipinski definition) is 8. The Hall–Kier alpha value is -3.06. The molecule has 2 saturated heterocycles. The molecule has 2 aliphatic heterocycles. The summed E-state index contributed by atoms with van der Waals surface area (Å²) < 4.78 is 67.1. The van der Waals surface area contributed by atoms with Gasteiger partial charge in [0, 0.05) is 38.4 Å². The number of hydrogen-bond donors (Lipinski definition) is 0. The lowest BCUT2D eigenvalue weighted by Gasteiger charge is -2.28. The van der Waals surface area contributed by atoms with Crippen molar-refractivity contribution in [3.05, 3.63) is 70.8 Å². The summed E-state index contributed by atoms with van der Waals surface area (Å²) in [6.07, 6.45) is 0.321. The summed E-state index contributed by atoms with van der Waals surface area (Å²) in [6, 6.07) is 7.38. The average molecular weight is 512 g/mol. The molecule has 2 aromatic carbocycles. The zero-order chi connectivity index (χ0) is 26.1. The number of nitrogens with zero attached hydrogens (tertiary/aromatic N) is 2. The fourth-order valence-electron chi connectivity index (χ4n) is 4.67. The molecular formula is C24H24F4N2O6. The van der Waals surface area contributed by atoms with E-state index in [1.54, 1.807) is 0 Å². The fourth-order valence-corrected chi connectivity index (χ4v) is 4.67. The van der Waals surface area contributed by atoms with Crippen molar-refractivity contribution in [2.45, 2.75) is 24.0 Å². The van der Waals surface area contributed by atoms with Gasteiger partial charge in [0.1, 0.15) is 11.2 Å². The van der Waals surface area contributed by atoms with Crippen LogP contribution in [0, 0.1) is 23.3 Å². The van der Waals surface area contributed by atoms with Crippen molar-refractivity contribution >= 4 is 11.9 Å². The number of rotatable bonds is 6. The van der Waals surface area contributed by atoms with E-state index in [0.717, 1.165) is 22.3 Å². The van der Waals surface area contributed by atoms with Gasteiger partial charge in [-0.05, 0) is 25.0 Å². The molecule has 0 spiro atoms. The zero-order valence-corrected chi connectivity index (χ0v) is 19.6. The van der Waals surface area contributed by atoms with E-state index in [0.29, 0.717) is 0 Å². The van der Waals surface area contributed by atoms with Crippen LogP contribution in [-0.2, 0) is 39.9 Å². The largest absolute Gasteiger partial charge is 0.438 e. The molecule has 2 aromatic rings. The normalized spacial score (nSPS) is 24.7. The molecule has 12 heteroatoms. The van der Waals surface area contributed by atoms with Crippen LogP contribution in [0.5, 0.6) is 0 Å². The van der Waals surface area contributed by atoms with Crippen LogP contribution in [0.2, 0.25) is 0 Å².